The second-order valence-electron chi connectivity index (χ2n) is 9.29. The number of rotatable bonds is 4. The Bertz CT molecular complexity index is 664. The van der Waals surface area contributed by atoms with Crippen LogP contribution in [0.25, 0.3) is 0 Å². The van der Waals surface area contributed by atoms with Crippen LogP contribution in [0.3, 0.4) is 0 Å². The van der Waals surface area contributed by atoms with E-state index in [1.807, 2.05) is 4.90 Å². The lowest BCUT2D eigenvalue weighted by Gasteiger charge is -2.40. The zero-order valence-electron chi connectivity index (χ0n) is 17.0. The topological polar surface area (TPSA) is 35.6 Å². The summed E-state index contributed by atoms with van der Waals surface area (Å²) in [5, 5.41) is 3.37. The molecular weight excluding hydrogens is 334 g/mol. The minimum absolute atomic E-state index is 0. The molecule has 0 bridgehead atoms. The number of fused-ring (bicyclic) bond motifs is 2. The average molecular weight is 372 g/mol. The van der Waals surface area contributed by atoms with Crippen LogP contribution in [0.5, 0.6) is 0 Å². The van der Waals surface area contributed by atoms with Gasteiger partial charge in [-0.2, -0.15) is 0 Å². The van der Waals surface area contributed by atoms with Gasteiger partial charge in [0.1, 0.15) is 0 Å². The van der Waals surface area contributed by atoms with Gasteiger partial charge in [-0.05, 0) is 75.2 Å². The SMILES string of the molecule is CC(C)CCN1CCC2(CC1)C[C@H](NC(=O)N1CCCC1)c1ccccc12.[HH]. The number of carbonyl (C=O) groups excluding carboxylic acids is 1. The van der Waals surface area contributed by atoms with E-state index < -0.39 is 0 Å². The summed E-state index contributed by atoms with van der Waals surface area (Å²) < 4.78 is 0. The van der Waals surface area contributed by atoms with Crippen molar-refractivity contribution in [1.82, 2.24) is 15.1 Å². The van der Waals surface area contributed by atoms with Gasteiger partial charge in [0.05, 0.1) is 6.04 Å². The van der Waals surface area contributed by atoms with Crippen molar-refractivity contribution < 1.29 is 6.22 Å². The van der Waals surface area contributed by atoms with Crippen molar-refractivity contribution in [3.63, 3.8) is 0 Å². The van der Waals surface area contributed by atoms with Crippen molar-refractivity contribution in [1.29, 1.82) is 0 Å². The van der Waals surface area contributed by atoms with Crippen LogP contribution >= 0.6 is 0 Å². The number of hydrogen-bond donors (Lipinski definition) is 1. The molecule has 4 heteroatoms. The molecule has 2 fully saturated rings. The van der Waals surface area contributed by atoms with Gasteiger partial charge in [-0.3, -0.25) is 0 Å². The van der Waals surface area contributed by atoms with Gasteiger partial charge in [-0.15, -0.1) is 0 Å². The molecule has 2 saturated heterocycles. The summed E-state index contributed by atoms with van der Waals surface area (Å²) >= 11 is 0. The lowest BCUT2D eigenvalue weighted by atomic mass is 9.73. The fraction of sp³-hybridized carbons (Fsp3) is 0.696. The minimum atomic E-state index is 0. The van der Waals surface area contributed by atoms with Crippen molar-refractivity contribution >= 4 is 6.03 Å². The predicted octanol–water partition coefficient (Wildman–Crippen LogP) is 4.56. The molecule has 150 valence electrons. The molecule has 0 aromatic heterocycles. The first-order valence-electron chi connectivity index (χ1n) is 10.9. The van der Waals surface area contributed by atoms with Gasteiger partial charge in [-0.25, -0.2) is 4.79 Å². The van der Waals surface area contributed by atoms with E-state index in [2.05, 4.69) is 48.3 Å². The Hall–Kier alpha value is -1.55. The van der Waals surface area contributed by atoms with Crippen LogP contribution in [0.2, 0.25) is 0 Å². The molecule has 1 N–H and O–H groups in total. The van der Waals surface area contributed by atoms with Crippen molar-refractivity contribution in [3.05, 3.63) is 35.4 Å². The Kier molecular flexibility index (Phi) is 5.45. The number of nitrogens with one attached hydrogen (secondary N) is 1. The summed E-state index contributed by atoms with van der Waals surface area (Å²) in [7, 11) is 0. The van der Waals surface area contributed by atoms with Gasteiger partial charge < -0.3 is 15.1 Å². The van der Waals surface area contributed by atoms with Crippen LogP contribution < -0.4 is 5.32 Å². The predicted molar refractivity (Wildman–Crippen MR) is 112 cm³/mol. The Morgan fingerprint density at radius 1 is 1.19 bits per heavy atom. The maximum absolute atomic E-state index is 12.7. The van der Waals surface area contributed by atoms with Gasteiger partial charge in [0.2, 0.25) is 0 Å². The van der Waals surface area contributed by atoms with Crippen molar-refractivity contribution in [3.8, 4) is 0 Å². The summed E-state index contributed by atoms with van der Waals surface area (Å²) in [6.45, 7) is 10.1. The Morgan fingerprint density at radius 2 is 1.89 bits per heavy atom. The molecule has 0 radical (unpaired) electrons. The molecule has 2 aliphatic heterocycles. The van der Waals surface area contributed by atoms with E-state index >= 15 is 0 Å². The molecule has 0 unspecified atom stereocenters. The molecule has 1 aliphatic carbocycles. The quantitative estimate of drug-likeness (QED) is 0.842. The third kappa shape index (κ3) is 3.87. The van der Waals surface area contributed by atoms with E-state index in [4.69, 9.17) is 0 Å². The summed E-state index contributed by atoms with van der Waals surface area (Å²) in [6, 6.07) is 9.18. The normalized spacial score (nSPS) is 24.6. The van der Waals surface area contributed by atoms with Gasteiger partial charge in [-0.1, -0.05) is 38.1 Å². The molecule has 0 saturated carbocycles. The fourth-order valence-corrected chi connectivity index (χ4v) is 5.30. The number of nitrogens with zero attached hydrogens (tertiary/aromatic N) is 2. The first-order valence-corrected chi connectivity index (χ1v) is 10.9. The number of urea groups is 1. The summed E-state index contributed by atoms with van der Waals surface area (Å²) in [5.41, 5.74) is 3.12. The Morgan fingerprint density at radius 3 is 2.59 bits per heavy atom. The third-order valence-corrected chi connectivity index (χ3v) is 7.03. The molecule has 4 rings (SSSR count). The van der Waals surface area contributed by atoms with Gasteiger partial charge >= 0.3 is 6.03 Å². The summed E-state index contributed by atoms with van der Waals surface area (Å²) in [4.78, 5) is 17.3. The van der Waals surface area contributed by atoms with Crippen LogP contribution in [-0.2, 0) is 5.41 Å². The molecule has 1 atom stereocenters. The van der Waals surface area contributed by atoms with Crippen LogP contribution in [0, 0.1) is 5.92 Å². The van der Waals surface area contributed by atoms with Crippen molar-refractivity contribution in [2.75, 3.05) is 32.7 Å². The maximum atomic E-state index is 12.7. The summed E-state index contributed by atoms with van der Waals surface area (Å²) in [6.07, 6.45) is 7.09. The first kappa shape index (κ1) is 18.8. The lowest BCUT2D eigenvalue weighted by Crippen LogP contribution is -2.43. The Labute approximate surface area is 165 Å². The smallest absolute Gasteiger partial charge is 0.317 e. The number of benzene rings is 1. The van der Waals surface area contributed by atoms with E-state index in [1.54, 1.807) is 0 Å². The highest BCUT2D eigenvalue weighted by molar-refractivity contribution is 5.75. The largest absolute Gasteiger partial charge is 0.331 e. The minimum Gasteiger partial charge on any atom is -0.331 e. The van der Waals surface area contributed by atoms with Crippen molar-refractivity contribution in [2.45, 2.75) is 63.8 Å². The number of carbonyl (C=O) groups is 1. The third-order valence-electron chi connectivity index (χ3n) is 7.03. The van der Waals surface area contributed by atoms with Gasteiger partial charge in [0.15, 0.2) is 0 Å². The summed E-state index contributed by atoms with van der Waals surface area (Å²) in [5.74, 6) is 0.776. The second-order valence-corrected chi connectivity index (χ2v) is 9.29. The number of hydrogen-bond acceptors (Lipinski definition) is 2. The number of likely N-dealkylation sites (tertiary alicyclic amines) is 2. The van der Waals surface area contributed by atoms with Gasteiger partial charge in [0.25, 0.3) is 0 Å². The zero-order chi connectivity index (χ0) is 18.9. The molecule has 1 aromatic carbocycles. The first-order chi connectivity index (χ1) is 13.1. The monoisotopic (exact) mass is 371 g/mol. The molecule has 1 aromatic rings. The Balaban J connectivity index is 0.00000225. The molecule has 2 heterocycles. The highest BCUT2D eigenvalue weighted by Crippen LogP contribution is 2.50. The lowest BCUT2D eigenvalue weighted by molar-refractivity contribution is 0.146. The highest BCUT2D eigenvalue weighted by atomic mass is 16.2. The standard InChI is InChI=1S/C23H35N3O.H2/c1-18(2)9-14-25-15-10-23(11-16-25)17-21(19-7-3-4-8-20(19)23)24-22(27)26-12-5-6-13-26;/h3-4,7-8,18,21H,5-6,9-17H2,1-2H3,(H,24,27);1H/t21-;/m0./s1. The molecule has 4 nitrogen and oxygen atoms in total. The zero-order valence-corrected chi connectivity index (χ0v) is 17.0. The van der Waals surface area contributed by atoms with E-state index in [0.29, 0.717) is 0 Å². The van der Waals surface area contributed by atoms with Crippen molar-refractivity contribution in [2.24, 2.45) is 5.92 Å². The molecule has 2 amide bonds. The van der Waals surface area contributed by atoms with E-state index in [-0.39, 0.29) is 18.9 Å². The average Bonchev–Trinajstić information content (AvgIpc) is 3.30. The van der Waals surface area contributed by atoms with Gasteiger partial charge in [0, 0.05) is 19.9 Å². The van der Waals surface area contributed by atoms with Crippen LogP contribution in [0.4, 0.5) is 4.79 Å². The molecule has 3 aliphatic rings. The highest BCUT2D eigenvalue weighted by Gasteiger charge is 2.45. The number of amides is 2. The molecule has 1 spiro atoms. The number of piperidine rings is 1. The van der Waals surface area contributed by atoms with Crippen LogP contribution in [0.1, 0.15) is 71.0 Å². The molecule has 27 heavy (non-hydrogen) atoms. The van der Waals surface area contributed by atoms with E-state index in [1.165, 1.54) is 50.0 Å². The second kappa shape index (κ2) is 7.83. The van der Waals surface area contributed by atoms with Crippen LogP contribution in [0.15, 0.2) is 24.3 Å². The van der Waals surface area contributed by atoms with E-state index in [9.17, 15) is 4.79 Å². The maximum Gasteiger partial charge on any atom is 0.317 e. The van der Waals surface area contributed by atoms with Crippen LogP contribution in [-0.4, -0.2) is 48.6 Å². The molecular formula is C23H37N3O. The van der Waals surface area contributed by atoms with E-state index in [0.717, 1.165) is 38.3 Å². The fourth-order valence-electron chi connectivity index (χ4n) is 5.30.